The van der Waals surface area contributed by atoms with Crippen molar-refractivity contribution in [1.82, 2.24) is 4.98 Å². The maximum Gasteiger partial charge on any atom is 0.261 e. The van der Waals surface area contributed by atoms with Gasteiger partial charge in [0.1, 0.15) is 6.61 Å². The molecule has 0 radical (unpaired) electrons. The number of pyridine rings is 1. The van der Waals surface area contributed by atoms with E-state index < -0.39 is 19.1 Å². The molecule has 0 aromatic carbocycles. The number of aromatic nitrogens is 1. The monoisotopic (exact) mass is 231 g/mol. The Morgan fingerprint density at radius 2 is 2.00 bits per heavy atom. The minimum atomic E-state index is -2.45. The van der Waals surface area contributed by atoms with Crippen LogP contribution in [-0.4, -0.2) is 35.8 Å². The summed E-state index contributed by atoms with van der Waals surface area (Å²) in [7, 11) is 0. The molecule has 1 aromatic heterocycles. The van der Waals surface area contributed by atoms with Crippen molar-refractivity contribution >= 4 is 0 Å². The lowest BCUT2D eigenvalue weighted by molar-refractivity contribution is 0.00512. The minimum absolute atomic E-state index is 0.149. The largest absolute Gasteiger partial charge is 0.393 e. The highest BCUT2D eigenvalue weighted by Gasteiger charge is 2.07. The Balaban J connectivity index is 2.14. The summed E-state index contributed by atoms with van der Waals surface area (Å²) in [5.41, 5.74) is 0.969. The van der Waals surface area contributed by atoms with Gasteiger partial charge in [-0.15, -0.1) is 0 Å². The number of hydrogen-bond acceptors (Lipinski definition) is 3. The topological polar surface area (TPSA) is 42.4 Å². The fourth-order valence-corrected chi connectivity index (χ4v) is 1.28. The third kappa shape index (κ3) is 5.72. The van der Waals surface area contributed by atoms with E-state index in [9.17, 15) is 13.9 Å². The Hall–Kier alpha value is -1.07. The average Bonchev–Trinajstić information content (AvgIpc) is 2.25. The molecule has 16 heavy (non-hydrogen) atoms. The number of hydrogen-bond donors (Lipinski definition) is 1. The third-order valence-corrected chi connectivity index (χ3v) is 2.06. The van der Waals surface area contributed by atoms with Crippen LogP contribution in [0.15, 0.2) is 24.5 Å². The number of alkyl halides is 2. The molecule has 1 heterocycles. The molecule has 0 aliphatic rings. The molecule has 1 aromatic rings. The van der Waals surface area contributed by atoms with Crippen molar-refractivity contribution in [2.45, 2.75) is 25.4 Å². The van der Waals surface area contributed by atoms with Gasteiger partial charge in [0.25, 0.3) is 6.43 Å². The summed E-state index contributed by atoms with van der Waals surface area (Å²) in [4.78, 5) is 3.86. The van der Waals surface area contributed by atoms with E-state index in [1.165, 1.54) is 0 Å². The van der Waals surface area contributed by atoms with Crippen molar-refractivity contribution in [3.63, 3.8) is 0 Å². The molecule has 0 aliphatic carbocycles. The highest BCUT2D eigenvalue weighted by atomic mass is 19.3. The van der Waals surface area contributed by atoms with Gasteiger partial charge in [0.2, 0.25) is 0 Å². The van der Waals surface area contributed by atoms with Gasteiger partial charge in [0.15, 0.2) is 0 Å². The van der Waals surface area contributed by atoms with Crippen molar-refractivity contribution < 1.29 is 18.6 Å². The Bertz CT molecular complexity index is 283. The number of ether oxygens (including phenoxy) is 1. The zero-order valence-corrected chi connectivity index (χ0v) is 8.85. The molecule has 90 valence electrons. The average molecular weight is 231 g/mol. The van der Waals surface area contributed by atoms with E-state index in [4.69, 9.17) is 0 Å². The Labute approximate surface area is 93.1 Å². The molecule has 0 fully saturated rings. The van der Waals surface area contributed by atoms with E-state index in [1.807, 2.05) is 12.1 Å². The van der Waals surface area contributed by atoms with Crippen LogP contribution < -0.4 is 0 Å². The summed E-state index contributed by atoms with van der Waals surface area (Å²) in [5, 5.41) is 9.58. The van der Waals surface area contributed by atoms with Gasteiger partial charge in [-0.25, -0.2) is 8.78 Å². The maximum atomic E-state index is 11.7. The van der Waals surface area contributed by atoms with Gasteiger partial charge in [0, 0.05) is 19.0 Å². The van der Waals surface area contributed by atoms with E-state index >= 15 is 0 Å². The summed E-state index contributed by atoms with van der Waals surface area (Å²) in [5.74, 6) is 0. The molecule has 1 N–H and O–H groups in total. The lowest BCUT2D eigenvalue weighted by Gasteiger charge is -2.10. The molecule has 0 saturated carbocycles. The van der Waals surface area contributed by atoms with Crippen LogP contribution in [0.25, 0.3) is 0 Å². The van der Waals surface area contributed by atoms with Gasteiger partial charge < -0.3 is 9.84 Å². The molecule has 3 nitrogen and oxygen atoms in total. The van der Waals surface area contributed by atoms with Crippen molar-refractivity contribution in [2.75, 3.05) is 13.2 Å². The Morgan fingerprint density at radius 3 is 2.62 bits per heavy atom. The quantitative estimate of drug-likeness (QED) is 0.726. The molecule has 1 rings (SSSR count). The molecule has 1 unspecified atom stereocenters. The lowest BCUT2D eigenvalue weighted by Crippen LogP contribution is -2.15. The molecule has 1 atom stereocenters. The van der Waals surface area contributed by atoms with E-state index in [2.05, 4.69) is 9.72 Å². The van der Waals surface area contributed by atoms with Gasteiger partial charge in [-0.3, -0.25) is 4.98 Å². The van der Waals surface area contributed by atoms with Crippen LogP contribution in [0.2, 0.25) is 0 Å². The first-order valence-corrected chi connectivity index (χ1v) is 5.11. The SMILES string of the molecule is OC(CCOCC(F)F)Cc1ccncc1. The van der Waals surface area contributed by atoms with Crippen LogP contribution in [0.4, 0.5) is 8.78 Å². The van der Waals surface area contributed by atoms with Gasteiger partial charge in [-0.2, -0.15) is 0 Å². The van der Waals surface area contributed by atoms with Crippen LogP contribution in [0.1, 0.15) is 12.0 Å². The zero-order chi connectivity index (χ0) is 11.8. The van der Waals surface area contributed by atoms with Crippen LogP contribution in [0.3, 0.4) is 0 Å². The molecule has 0 bridgehead atoms. The summed E-state index contributed by atoms with van der Waals surface area (Å²) in [6.45, 7) is -0.418. The van der Waals surface area contributed by atoms with Crippen molar-refractivity contribution in [1.29, 1.82) is 0 Å². The number of halogens is 2. The van der Waals surface area contributed by atoms with Crippen molar-refractivity contribution in [2.24, 2.45) is 0 Å². The van der Waals surface area contributed by atoms with Crippen LogP contribution in [0, 0.1) is 0 Å². The standard InChI is InChI=1S/C11H15F2NO2/c12-11(13)8-16-6-3-10(15)7-9-1-4-14-5-2-9/h1-2,4-5,10-11,15H,3,6-8H2. The summed E-state index contributed by atoms with van der Waals surface area (Å²) >= 11 is 0. The predicted molar refractivity (Wildman–Crippen MR) is 55.4 cm³/mol. The fourth-order valence-electron chi connectivity index (χ4n) is 1.28. The molecular formula is C11H15F2NO2. The first kappa shape index (κ1) is 13.0. The summed E-state index contributed by atoms with van der Waals surface area (Å²) < 4.78 is 28.1. The molecule has 0 spiro atoms. The molecule has 0 saturated heterocycles. The number of rotatable bonds is 7. The van der Waals surface area contributed by atoms with Gasteiger partial charge in [-0.05, 0) is 30.5 Å². The summed E-state index contributed by atoms with van der Waals surface area (Å²) in [6.07, 6.45) is 1.12. The number of nitrogens with zero attached hydrogens (tertiary/aromatic N) is 1. The van der Waals surface area contributed by atoms with E-state index in [1.54, 1.807) is 12.4 Å². The number of aliphatic hydroxyl groups excluding tert-OH is 1. The van der Waals surface area contributed by atoms with Crippen LogP contribution >= 0.6 is 0 Å². The smallest absolute Gasteiger partial charge is 0.261 e. The summed E-state index contributed by atoms with van der Waals surface area (Å²) in [6, 6.07) is 3.62. The van der Waals surface area contributed by atoms with Crippen LogP contribution in [0.5, 0.6) is 0 Å². The highest BCUT2D eigenvalue weighted by molar-refractivity contribution is 5.10. The van der Waals surface area contributed by atoms with Crippen molar-refractivity contribution in [3.05, 3.63) is 30.1 Å². The van der Waals surface area contributed by atoms with Gasteiger partial charge in [-0.1, -0.05) is 0 Å². The fraction of sp³-hybridized carbons (Fsp3) is 0.545. The van der Waals surface area contributed by atoms with E-state index in [0.717, 1.165) is 5.56 Å². The Morgan fingerprint density at radius 1 is 1.31 bits per heavy atom. The van der Waals surface area contributed by atoms with Gasteiger partial charge in [0.05, 0.1) is 6.10 Å². The molecule has 5 heteroatoms. The second kappa shape index (κ2) is 7.24. The maximum absolute atomic E-state index is 11.7. The minimum Gasteiger partial charge on any atom is -0.393 e. The van der Waals surface area contributed by atoms with Crippen molar-refractivity contribution in [3.8, 4) is 0 Å². The third-order valence-electron chi connectivity index (χ3n) is 2.06. The van der Waals surface area contributed by atoms with Crippen LogP contribution in [-0.2, 0) is 11.2 Å². The van der Waals surface area contributed by atoms with E-state index in [-0.39, 0.29) is 6.61 Å². The van der Waals surface area contributed by atoms with Gasteiger partial charge >= 0.3 is 0 Å². The molecule has 0 aliphatic heterocycles. The van der Waals surface area contributed by atoms with E-state index in [0.29, 0.717) is 12.8 Å². The second-order valence-electron chi connectivity index (χ2n) is 3.47. The Kier molecular flexibility index (Phi) is 5.88. The highest BCUT2D eigenvalue weighted by Crippen LogP contribution is 2.05. The first-order valence-electron chi connectivity index (χ1n) is 5.11. The second-order valence-corrected chi connectivity index (χ2v) is 3.47. The molecule has 0 amide bonds. The molecular weight excluding hydrogens is 216 g/mol. The normalized spacial score (nSPS) is 13.0. The zero-order valence-electron chi connectivity index (χ0n) is 8.85. The number of aliphatic hydroxyl groups is 1. The lowest BCUT2D eigenvalue weighted by atomic mass is 10.1. The predicted octanol–water partition coefficient (Wildman–Crippen LogP) is 1.66. The first-order chi connectivity index (χ1) is 7.68.